The molecule has 1 aromatic carbocycles. The second-order valence-corrected chi connectivity index (χ2v) is 8.25. The van der Waals surface area contributed by atoms with Crippen molar-refractivity contribution >= 4 is 5.82 Å². The molecule has 0 radical (unpaired) electrons. The molecule has 7 heteroatoms. The summed E-state index contributed by atoms with van der Waals surface area (Å²) in [6.45, 7) is 3.52. The minimum atomic E-state index is 0.0348. The zero-order valence-electron chi connectivity index (χ0n) is 17.0. The van der Waals surface area contributed by atoms with E-state index in [9.17, 15) is 4.79 Å². The Labute approximate surface area is 175 Å². The number of methoxy groups -OCH3 is 1. The number of para-hydroxylation sites is 1. The van der Waals surface area contributed by atoms with Crippen LogP contribution in [0.4, 0.5) is 5.82 Å². The number of pyridine rings is 1. The van der Waals surface area contributed by atoms with E-state index in [1.165, 1.54) is 11.9 Å². The number of hydrogen-bond acceptors (Lipinski definition) is 6. The van der Waals surface area contributed by atoms with Crippen LogP contribution in [0.3, 0.4) is 0 Å². The first-order chi connectivity index (χ1) is 14.6. The van der Waals surface area contributed by atoms with Gasteiger partial charge < -0.3 is 15.0 Å². The maximum atomic E-state index is 12.9. The van der Waals surface area contributed by atoms with Crippen molar-refractivity contribution in [1.82, 2.24) is 19.4 Å². The Hall–Kier alpha value is -3.19. The van der Waals surface area contributed by atoms with Crippen LogP contribution in [0, 0.1) is 5.92 Å². The highest BCUT2D eigenvalue weighted by atomic mass is 16.5. The molecule has 0 saturated carbocycles. The van der Waals surface area contributed by atoms with E-state index in [-0.39, 0.29) is 5.56 Å². The van der Waals surface area contributed by atoms with Crippen LogP contribution < -0.4 is 16.0 Å². The van der Waals surface area contributed by atoms with Gasteiger partial charge in [-0.2, -0.15) is 0 Å². The zero-order chi connectivity index (χ0) is 20.7. The molecule has 1 fully saturated rings. The SMILES string of the molecule is COc1ccccc1CN1C[C@@H]2C[C@H](C1)c1cc(-c3cc(N)ncn3)cc(=O)n1C2. The fourth-order valence-corrected chi connectivity index (χ4v) is 4.94. The van der Waals surface area contributed by atoms with Crippen molar-refractivity contribution in [2.45, 2.75) is 25.4 Å². The highest BCUT2D eigenvalue weighted by Crippen LogP contribution is 2.37. The molecule has 2 aliphatic rings. The minimum absolute atomic E-state index is 0.0348. The number of nitrogen functional groups attached to an aromatic ring is 1. The zero-order valence-corrected chi connectivity index (χ0v) is 17.0. The molecule has 2 aromatic heterocycles. The first kappa shape index (κ1) is 18.8. The van der Waals surface area contributed by atoms with E-state index in [1.54, 1.807) is 19.2 Å². The molecule has 2 aliphatic heterocycles. The summed E-state index contributed by atoms with van der Waals surface area (Å²) < 4.78 is 7.48. The fraction of sp³-hybridized carbons (Fsp3) is 0.348. The van der Waals surface area contributed by atoms with Gasteiger partial charge in [0, 0.05) is 61.1 Å². The number of nitrogens with zero attached hydrogens (tertiary/aromatic N) is 4. The van der Waals surface area contributed by atoms with Crippen LogP contribution in [0.1, 0.15) is 23.6 Å². The normalized spacial score (nSPS) is 20.6. The van der Waals surface area contributed by atoms with Gasteiger partial charge in [0.1, 0.15) is 17.9 Å². The molecule has 4 heterocycles. The van der Waals surface area contributed by atoms with Crippen molar-refractivity contribution in [2.24, 2.45) is 5.92 Å². The van der Waals surface area contributed by atoms with Crippen LogP contribution in [-0.4, -0.2) is 39.6 Å². The largest absolute Gasteiger partial charge is 0.496 e. The summed E-state index contributed by atoms with van der Waals surface area (Å²) in [4.78, 5) is 23.6. The molecule has 0 spiro atoms. The van der Waals surface area contributed by atoms with Crippen molar-refractivity contribution in [1.29, 1.82) is 0 Å². The highest BCUT2D eigenvalue weighted by Gasteiger charge is 2.35. The lowest BCUT2D eigenvalue weighted by atomic mass is 9.82. The third-order valence-corrected chi connectivity index (χ3v) is 6.20. The van der Waals surface area contributed by atoms with Gasteiger partial charge in [0.25, 0.3) is 5.56 Å². The smallest absolute Gasteiger partial charge is 0.251 e. The van der Waals surface area contributed by atoms with Gasteiger partial charge in [0.2, 0.25) is 0 Å². The van der Waals surface area contributed by atoms with E-state index >= 15 is 0 Å². The quantitative estimate of drug-likeness (QED) is 0.720. The van der Waals surface area contributed by atoms with Crippen LogP contribution >= 0.6 is 0 Å². The third-order valence-electron chi connectivity index (χ3n) is 6.20. The number of anilines is 1. The van der Waals surface area contributed by atoms with E-state index < -0.39 is 0 Å². The third kappa shape index (κ3) is 3.45. The van der Waals surface area contributed by atoms with Crippen molar-refractivity contribution in [3.63, 3.8) is 0 Å². The van der Waals surface area contributed by atoms with E-state index in [2.05, 4.69) is 33.1 Å². The van der Waals surface area contributed by atoms with Crippen molar-refractivity contribution in [2.75, 3.05) is 25.9 Å². The molecular weight excluding hydrogens is 378 g/mol. The standard InChI is InChI=1S/C23H25N5O2/c1-30-21-5-3-2-4-16(21)12-27-10-15-6-18(13-27)20-7-17(8-23(29)28(20)11-15)19-9-22(24)26-14-25-19/h2-5,7-9,14-15,18H,6,10-13H2,1H3,(H2,24,25,26)/t15-,18+/m0/s1. The predicted molar refractivity (Wildman–Crippen MR) is 115 cm³/mol. The molecule has 0 aliphatic carbocycles. The summed E-state index contributed by atoms with van der Waals surface area (Å²) in [6, 6.07) is 13.7. The summed E-state index contributed by atoms with van der Waals surface area (Å²) in [5.41, 5.74) is 9.63. The van der Waals surface area contributed by atoms with Gasteiger partial charge in [-0.25, -0.2) is 9.97 Å². The maximum absolute atomic E-state index is 12.9. The van der Waals surface area contributed by atoms with Gasteiger partial charge in [-0.3, -0.25) is 9.69 Å². The lowest BCUT2D eigenvalue weighted by Crippen LogP contribution is -2.46. The summed E-state index contributed by atoms with van der Waals surface area (Å²) in [6.07, 6.45) is 2.55. The first-order valence-corrected chi connectivity index (χ1v) is 10.3. The van der Waals surface area contributed by atoms with Crippen LogP contribution in [0.5, 0.6) is 5.75 Å². The maximum Gasteiger partial charge on any atom is 0.251 e. The Morgan fingerprint density at radius 2 is 2.00 bits per heavy atom. The number of nitrogens with two attached hydrogens (primary N) is 1. The first-order valence-electron chi connectivity index (χ1n) is 10.3. The summed E-state index contributed by atoms with van der Waals surface area (Å²) >= 11 is 0. The molecule has 1 saturated heterocycles. The van der Waals surface area contributed by atoms with E-state index in [4.69, 9.17) is 10.5 Å². The van der Waals surface area contributed by atoms with Crippen LogP contribution in [0.25, 0.3) is 11.3 Å². The molecule has 3 aromatic rings. The number of fused-ring (bicyclic) bond motifs is 4. The van der Waals surface area contributed by atoms with Crippen molar-refractivity contribution in [3.05, 3.63) is 70.4 Å². The van der Waals surface area contributed by atoms with Gasteiger partial charge in [0.05, 0.1) is 12.8 Å². The summed E-state index contributed by atoms with van der Waals surface area (Å²) in [5, 5.41) is 0. The summed E-state index contributed by atoms with van der Waals surface area (Å²) in [5.74, 6) is 2.12. The van der Waals surface area contributed by atoms with Crippen LogP contribution in [-0.2, 0) is 13.1 Å². The monoisotopic (exact) mass is 403 g/mol. The lowest BCUT2D eigenvalue weighted by molar-refractivity contribution is 0.113. The Kier molecular flexibility index (Phi) is 4.75. The molecule has 7 nitrogen and oxygen atoms in total. The average molecular weight is 403 g/mol. The number of ether oxygens (including phenoxy) is 1. The van der Waals surface area contributed by atoms with Crippen molar-refractivity contribution in [3.8, 4) is 17.0 Å². The molecule has 154 valence electrons. The molecule has 2 N–H and O–H groups in total. The van der Waals surface area contributed by atoms with Crippen LogP contribution in [0.2, 0.25) is 0 Å². The number of rotatable bonds is 4. The van der Waals surface area contributed by atoms with Gasteiger partial charge in [-0.05, 0) is 24.5 Å². The Bertz CT molecular complexity index is 1140. The molecule has 2 bridgehead atoms. The van der Waals surface area contributed by atoms with E-state index in [1.807, 2.05) is 16.7 Å². The number of aromatic nitrogens is 3. The molecule has 2 atom stereocenters. The number of piperidine rings is 1. The van der Waals surface area contributed by atoms with Crippen molar-refractivity contribution < 1.29 is 4.74 Å². The molecule has 0 amide bonds. The summed E-state index contributed by atoms with van der Waals surface area (Å²) in [7, 11) is 1.72. The van der Waals surface area contributed by atoms with Gasteiger partial charge in [-0.15, -0.1) is 0 Å². The van der Waals surface area contributed by atoms with Gasteiger partial charge in [0.15, 0.2) is 0 Å². The topological polar surface area (TPSA) is 86.3 Å². The Morgan fingerprint density at radius 1 is 1.13 bits per heavy atom. The van der Waals surface area contributed by atoms with E-state index in [0.717, 1.165) is 49.6 Å². The number of hydrogen-bond donors (Lipinski definition) is 1. The second kappa shape index (κ2) is 7.57. The average Bonchev–Trinajstić information content (AvgIpc) is 2.75. The number of benzene rings is 1. The fourth-order valence-electron chi connectivity index (χ4n) is 4.94. The minimum Gasteiger partial charge on any atom is -0.496 e. The number of likely N-dealkylation sites (tertiary alicyclic amines) is 1. The van der Waals surface area contributed by atoms with Gasteiger partial charge >= 0.3 is 0 Å². The molecule has 0 unspecified atom stereocenters. The lowest BCUT2D eigenvalue weighted by Gasteiger charge is -2.43. The Morgan fingerprint density at radius 3 is 2.83 bits per heavy atom. The van der Waals surface area contributed by atoms with Gasteiger partial charge in [-0.1, -0.05) is 18.2 Å². The Balaban J connectivity index is 1.45. The highest BCUT2D eigenvalue weighted by molar-refractivity contribution is 5.61. The van der Waals surface area contributed by atoms with Crippen LogP contribution in [0.15, 0.2) is 53.6 Å². The second-order valence-electron chi connectivity index (χ2n) is 8.25. The van der Waals surface area contributed by atoms with E-state index in [0.29, 0.717) is 23.3 Å². The molecule has 30 heavy (non-hydrogen) atoms. The molecule has 5 rings (SSSR count). The predicted octanol–water partition coefficient (Wildman–Crippen LogP) is 2.52. The molecular formula is C23H25N5O2.